The highest BCUT2D eigenvalue weighted by Gasteiger charge is 2.32. The first kappa shape index (κ1) is 17.2. The van der Waals surface area contributed by atoms with Gasteiger partial charge in [0.15, 0.2) is 0 Å². The van der Waals surface area contributed by atoms with Crippen LogP contribution >= 0.6 is 0 Å². The summed E-state index contributed by atoms with van der Waals surface area (Å²) in [6, 6.07) is 12.5. The lowest BCUT2D eigenvalue weighted by Gasteiger charge is -2.23. The Labute approximate surface area is 155 Å². The van der Waals surface area contributed by atoms with Gasteiger partial charge in [-0.2, -0.15) is 0 Å². The molecule has 2 fully saturated rings. The average Bonchev–Trinajstić information content (AvgIpc) is 3.50. The van der Waals surface area contributed by atoms with Crippen LogP contribution in [0.2, 0.25) is 0 Å². The molecule has 2 heterocycles. The van der Waals surface area contributed by atoms with Crippen LogP contribution in [0.4, 0.5) is 0 Å². The number of carbonyl (C=O) groups excluding carboxylic acids is 1. The third kappa shape index (κ3) is 3.96. The molecule has 1 saturated heterocycles. The molecule has 0 unspecified atom stereocenters. The van der Waals surface area contributed by atoms with Gasteiger partial charge in [-0.3, -0.25) is 9.78 Å². The summed E-state index contributed by atoms with van der Waals surface area (Å²) in [7, 11) is 1.95. The molecule has 0 bridgehead atoms. The van der Waals surface area contributed by atoms with E-state index >= 15 is 0 Å². The van der Waals surface area contributed by atoms with Gasteiger partial charge in [0.2, 0.25) is 5.91 Å². The number of pyridine rings is 1. The Morgan fingerprint density at radius 1 is 1.08 bits per heavy atom. The number of carbonyl (C=O) groups is 1. The molecule has 1 aromatic heterocycles. The normalized spacial score (nSPS) is 21.7. The molecule has 1 amide bonds. The minimum absolute atomic E-state index is 0.0317. The number of benzene rings is 1. The molecule has 1 aliphatic heterocycles. The van der Waals surface area contributed by atoms with Crippen LogP contribution in [0.25, 0.3) is 11.1 Å². The summed E-state index contributed by atoms with van der Waals surface area (Å²) in [5.41, 5.74) is 3.63. The van der Waals surface area contributed by atoms with Crippen LogP contribution in [-0.2, 0) is 11.2 Å². The molecule has 136 valence electrons. The number of likely N-dealkylation sites (N-methyl/N-ethyl adjacent to an activating group) is 1. The first-order chi connectivity index (χ1) is 12.7. The second-order valence-electron chi connectivity index (χ2n) is 7.76. The lowest BCUT2D eigenvalue weighted by Crippen LogP contribution is -2.35. The highest BCUT2D eigenvalue weighted by Crippen LogP contribution is 2.31. The maximum Gasteiger partial charge on any atom is 0.227 e. The fourth-order valence-corrected chi connectivity index (χ4v) is 3.95. The van der Waals surface area contributed by atoms with Gasteiger partial charge >= 0.3 is 0 Å². The van der Waals surface area contributed by atoms with E-state index in [1.54, 1.807) is 0 Å². The van der Waals surface area contributed by atoms with Crippen LogP contribution in [0.1, 0.15) is 18.4 Å². The molecule has 2 aromatic rings. The molecule has 0 N–H and O–H groups in total. The Kier molecular flexibility index (Phi) is 5.02. The van der Waals surface area contributed by atoms with E-state index in [0.29, 0.717) is 0 Å². The van der Waals surface area contributed by atoms with Crippen LogP contribution < -0.4 is 0 Å². The van der Waals surface area contributed by atoms with Crippen molar-refractivity contribution in [2.45, 2.75) is 19.3 Å². The highest BCUT2D eigenvalue weighted by molar-refractivity contribution is 5.80. The number of rotatable bonds is 5. The number of hydrogen-bond donors (Lipinski definition) is 0. The molecule has 1 aliphatic carbocycles. The summed E-state index contributed by atoms with van der Waals surface area (Å²) in [5, 5.41) is 0. The third-order valence-corrected chi connectivity index (χ3v) is 5.64. The quantitative estimate of drug-likeness (QED) is 0.832. The van der Waals surface area contributed by atoms with Crippen LogP contribution in [0.3, 0.4) is 0 Å². The minimum atomic E-state index is 0.0317. The second kappa shape index (κ2) is 7.58. The summed E-state index contributed by atoms with van der Waals surface area (Å²) in [6.45, 7) is 3.88. The molecule has 2 aliphatic rings. The van der Waals surface area contributed by atoms with Crippen LogP contribution in [0, 0.1) is 11.8 Å². The van der Waals surface area contributed by atoms with Gasteiger partial charge in [0, 0.05) is 45.6 Å². The molecule has 1 atom stereocenters. The standard InChI is InChI=1S/C22H27N3O/c1-24-12-13-25(15-17-6-7-17)16-20(22(24)26)14-19-4-2-3-5-21(19)18-8-10-23-11-9-18/h2-5,8-11,17,20H,6-7,12-16H2,1H3/t20-/m1/s1. The molecule has 1 saturated carbocycles. The lowest BCUT2D eigenvalue weighted by atomic mass is 9.91. The predicted octanol–water partition coefficient (Wildman–Crippen LogP) is 3.09. The van der Waals surface area contributed by atoms with Gasteiger partial charge in [0.1, 0.15) is 0 Å². The maximum atomic E-state index is 12.9. The highest BCUT2D eigenvalue weighted by atomic mass is 16.2. The molecule has 26 heavy (non-hydrogen) atoms. The van der Waals surface area contributed by atoms with Crippen molar-refractivity contribution in [3.05, 3.63) is 54.4 Å². The summed E-state index contributed by atoms with van der Waals surface area (Å²) < 4.78 is 0. The van der Waals surface area contributed by atoms with Crippen molar-refractivity contribution in [2.24, 2.45) is 11.8 Å². The van der Waals surface area contributed by atoms with Gasteiger partial charge < -0.3 is 9.80 Å². The zero-order valence-corrected chi connectivity index (χ0v) is 15.5. The summed E-state index contributed by atoms with van der Waals surface area (Å²) >= 11 is 0. The van der Waals surface area contributed by atoms with Gasteiger partial charge in [0.05, 0.1) is 5.92 Å². The molecule has 4 nitrogen and oxygen atoms in total. The van der Waals surface area contributed by atoms with E-state index in [9.17, 15) is 4.79 Å². The van der Waals surface area contributed by atoms with Gasteiger partial charge in [-0.25, -0.2) is 0 Å². The monoisotopic (exact) mass is 349 g/mol. The topological polar surface area (TPSA) is 36.4 Å². The van der Waals surface area contributed by atoms with Crippen molar-refractivity contribution in [3.63, 3.8) is 0 Å². The van der Waals surface area contributed by atoms with E-state index < -0.39 is 0 Å². The van der Waals surface area contributed by atoms with Crippen molar-refractivity contribution < 1.29 is 4.79 Å². The van der Waals surface area contributed by atoms with Gasteiger partial charge in [-0.05, 0) is 54.0 Å². The fraction of sp³-hybridized carbons (Fsp3) is 0.455. The second-order valence-corrected chi connectivity index (χ2v) is 7.76. The van der Waals surface area contributed by atoms with E-state index in [1.807, 2.05) is 36.5 Å². The predicted molar refractivity (Wildman–Crippen MR) is 104 cm³/mol. The van der Waals surface area contributed by atoms with Crippen molar-refractivity contribution in [1.82, 2.24) is 14.8 Å². The summed E-state index contributed by atoms with van der Waals surface area (Å²) in [4.78, 5) is 21.5. The Balaban J connectivity index is 1.57. The number of amides is 1. The zero-order valence-electron chi connectivity index (χ0n) is 15.5. The van der Waals surface area contributed by atoms with Crippen molar-refractivity contribution in [2.75, 3.05) is 33.2 Å². The molecule has 1 aromatic carbocycles. The van der Waals surface area contributed by atoms with Crippen molar-refractivity contribution in [3.8, 4) is 11.1 Å². The Bertz CT molecular complexity index is 757. The Hall–Kier alpha value is -2.20. The SMILES string of the molecule is CN1CCN(CC2CC2)C[C@@H](Cc2ccccc2-c2ccncc2)C1=O. The lowest BCUT2D eigenvalue weighted by molar-refractivity contribution is -0.133. The van der Waals surface area contributed by atoms with Crippen LogP contribution in [-0.4, -0.2) is 53.9 Å². The molecule has 0 radical (unpaired) electrons. The third-order valence-electron chi connectivity index (χ3n) is 5.64. The average molecular weight is 349 g/mol. The van der Waals surface area contributed by atoms with Crippen LogP contribution in [0.15, 0.2) is 48.8 Å². The van der Waals surface area contributed by atoms with Gasteiger partial charge in [-0.15, -0.1) is 0 Å². The number of aromatic nitrogens is 1. The maximum absolute atomic E-state index is 12.9. The zero-order chi connectivity index (χ0) is 17.9. The summed E-state index contributed by atoms with van der Waals surface area (Å²) in [5.74, 6) is 1.18. The van der Waals surface area contributed by atoms with Crippen molar-refractivity contribution in [1.29, 1.82) is 0 Å². The molecule has 0 spiro atoms. The Morgan fingerprint density at radius 3 is 2.62 bits per heavy atom. The first-order valence-corrected chi connectivity index (χ1v) is 9.66. The number of hydrogen-bond acceptors (Lipinski definition) is 3. The van der Waals surface area contributed by atoms with Gasteiger partial charge in [-0.1, -0.05) is 24.3 Å². The molecular weight excluding hydrogens is 322 g/mol. The van der Waals surface area contributed by atoms with E-state index in [0.717, 1.165) is 38.5 Å². The van der Waals surface area contributed by atoms with Crippen molar-refractivity contribution >= 4 is 5.91 Å². The first-order valence-electron chi connectivity index (χ1n) is 9.66. The molecule has 4 heteroatoms. The van der Waals surface area contributed by atoms with Gasteiger partial charge in [0.25, 0.3) is 0 Å². The van der Waals surface area contributed by atoms with Crippen LogP contribution in [0.5, 0.6) is 0 Å². The van der Waals surface area contributed by atoms with E-state index in [4.69, 9.17) is 0 Å². The van der Waals surface area contributed by atoms with E-state index in [1.165, 1.54) is 29.5 Å². The minimum Gasteiger partial charge on any atom is -0.344 e. The molecular formula is C22H27N3O. The number of nitrogens with zero attached hydrogens (tertiary/aromatic N) is 3. The van der Waals surface area contributed by atoms with E-state index in [2.05, 4.69) is 34.1 Å². The largest absolute Gasteiger partial charge is 0.344 e. The molecule has 4 rings (SSSR count). The smallest absolute Gasteiger partial charge is 0.227 e. The summed E-state index contributed by atoms with van der Waals surface area (Å²) in [6.07, 6.45) is 7.16. The fourth-order valence-electron chi connectivity index (χ4n) is 3.95. The Morgan fingerprint density at radius 2 is 1.85 bits per heavy atom. The van der Waals surface area contributed by atoms with E-state index in [-0.39, 0.29) is 11.8 Å².